The second-order valence-electron chi connectivity index (χ2n) is 4.19. The van der Waals surface area contributed by atoms with Gasteiger partial charge in [-0.2, -0.15) is 0 Å². The first-order chi connectivity index (χ1) is 9.08. The van der Waals surface area contributed by atoms with Gasteiger partial charge in [0.2, 0.25) is 0 Å². The van der Waals surface area contributed by atoms with E-state index in [1.807, 2.05) is 6.92 Å². The maximum absolute atomic E-state index is 12.2. The molecule has 1 saturated heterocycles. The Kier molecular flexibility index (Phi) is 4.57. The number of ether oxygens (including phenoxy) is 3. The smallest absolute Gasteiger partial charge is 0.284 e. The summed E-state index contributed by atoms with van der Waals surface area (Å²) < 4.78 is 40.6. The highest BCUT2D eigenvalue weighted by molar-refractivity contribution is 7.91. The maximum Gasteiger partial charge on any atom is 0.284 e. The predicted molar refractivity (Wildman–Crippen MR) is 69.4 cm³/mol. The van der Waals surface area contributed by atoms with Crippen LogP contribution in [0.15, 0.2) is 35.2 Å². The van der Waals surface area contributed by atoms with Gasteiger partial charge in [0.05, 0.1) is 23.9 Å². The summed E-state index contributed by atoms with van der Waals surface area (Å²) in [5.74, 6) is -1.27. The van der Waals surface area contributed by atoms with Gasteiger partial charge in [0, 0.05) is 13.0 Å². The second kappa shape index (κ2) is 6.00. The molecule has 0 atom stereocenters. The molecule has 5 nitrogen and oxygen atoms in total. The summed E-state index contributed by atoms with van der Waals surface area (Å²) in [5, 5.41) is 0. The van der Waals surface area contributed by atoms with Gasteiger partial charge in [-0.05, 0) is 19.1 Å². The first-order valence-electron chi connectivity index (χ1n) is 6.28. The zero-order chi connectivity index (χ0) is 13.8. The van der Waals surface area contributed by atoms with Gasteiger partial charge in [0.1, 0.15) is 0 Å². The minimum Gasteiger partial charge on any atom is -0.328 e. The molecular weight excluding hydrogens is 268 g/mol. The molecule has 1 heterocycles. The van der Waals surface area contributed by atoms with E-state index in [-0.39, 0.29) is 12.2 Å². The van der Waals surface area contributed by atoms with E-state index >= 15 is 0 Å². The Morgan fingerprint density at radius 1 is 1.21 bits per heavy atom. The summed E-state index contributed by atoms with van der Waals surface area (Å²) in [6, 6.07) is 8.35. The van der Waals surface area contributed by atoms with Gasteiger partial charge in [-0.15, -0.1) is 0 Å². The van der Waals surface area contributed by atoms with Crippen molar-refractivity contribution in [1.29, 1.82) is 0 Å². The minimum atomic E-state index is -3.34. The molecule has 1 fully saturated rings. The van der Waals surface area contributed by atoms with Gasteiger partial charge in [0.25, 0.3) is 5.97 Å². The molecule has 106 valence electrons. The molecule has 0 aromatic heterocycles. The average molecular weight is 286 g/mol. The number of hydrogen-bond acceptors (Lipinski definition) is 5. The van der Waals surface area contributed by atoms with Crippen LogP contribution in [0.25, 0.3) is 0 Å². The van der Waals surface area contributed by atoms with E-state index in [9.17, 15) is 8.42 Å². The van der Waals surface area contributed by atoms with Crippen LogP contribution in [0.1, 0.15) is 13.3 Å². The highest BCUT2D eigenvalue weighted by atomic mass is 32.2. The molecule has 2 rings (SSSR count). The van der Waals surface area contributed by atoms with Crippen LogP contribution in [0, 0.1) is 0 Å². The SMILES string of the molecule is CCOC1(CCS(=O)(=O)c2ccccc2)OCCO1. The highest BCUT2D eigenvalue weighted by Gasteiger charge is 2.39. The molecule has 0 amide bonds. The third-order valence-corrected chi connectivity index (χ3v) is 4.60. The zero-order valence-corrected chi connectivity index (χ0v) is 11.7. The molecule has 6 heteroatoms. The van der Waals surface area contributed by atoms with Crippen LogP contribution >= 0.6 is 0 Å². The van der Waals surface area contributed by atoms with Gasteiger partial charge < -0.3 is 14.2 Å². The van der Waals surface area contributed by atoms with Crippen molar-refractivity contribution in [2.45, 2.75) is 24.2 Å². The van der Waals surface area contributed by atoms with Gasteiger partial charge in [-0.25, -0.2) is 8.42 Å². The molecule has 0 spiro atoms. The van der Waals surface area contributed by atoms with Gasteiger partial charge >= 0.3 is 0 Å². The summed E-state index contributed by atoms with van der Waals surface area (Å²) >= 11 is 0. The lowest BCUT2D eigenvalue weighted by Gasteiger charge is -2.26. The lowest BCUT2D eigenvalue weighted by Crippen LogP contribution is -2.36. The monoisotopic (exact) mass is 286 g/mol. The van der Waals surface area contributed by atoms with Crippen molar-refractivity contribution in [3.05, 3.63) is 30.3 Å². The Labute approximate surface area is 113 Å². The summed E-state index contributed by atoms with van der Waals surface area (Å²) in [7, 11) is -3.34. The lowest BCUT2D eigenvalue weighted by atomic mass is 10.4. The van der Waals surface area contributed by atoms with Crippen LogP contribution in [0.3, 0.4) is 0 Å². The average Bonchev–Trinajstić information content (AvgIpc) is 2.87. The van der Waals surface area contributed by atoms with Gasteiger partial charge in [-0.1, -0.05) is 18.2 Å². The Bertz CT molecular complexity index is 491. The Morgan fingerprint density at radius 3 is 2.42 bits per heavy atom. The first kappa shape index (κ1) is 14.5. The normalized spacial score (nSPS) is 18.6. The van der Waals surface area contributed by atoms with Crippen molar-refractivity contribution in [3.8, 4) is 0 Å². The number of sulfone groups is 1. The molecule has 0 bridgehead atoms. The number of rotatable bonds is 6. The number of benzene rings is 1. The third-order valence-electron chi connectivity index (χ3n) is 2.87. The van der Waals surface area contributed by atoms with Crippen LogP contribution in [0.2, 0.25) is 0 Å². The van der Waals surface area contributed by atoms with E-state index in [0.29, 0.717) is 24.7 Å². The molecule has 1 aromatic carbocycles. The quantitative estimate of drug-likeness (QED) is 0.794. The van der Waals surface area contributed by atoms with Gasteiger partial charge in [0.15, 0.2) is 9.84 Å². The van der Waals surface area contributed by atoms with Gasteiger partial charge in [-0.3, -0.25) is 0 Å². The lowest BCUT2D eigenvalue weighted by molar-refractivity contribution is -0.329. The highest BCUT2D eigenvalue weighted by Crippen LogP contribution is 2.26. The fourth-order valence-electron chi connectivity index (χ4n) is 1.96. The second-order valence-corrected chi connectivity index (χ2v) is 6.30. The van der Waals surface area contributed by atoms with Crippen molar-refractivity contribution in [2.24, 2.45) is 0 Å². The molecule has 0 N–H and O–H groups in total. The largest absolute Gasteiger partial charge is 0.328 e. The predicted octanol–water partition coefficient (Wildman–Crippen LogP) is 1.59. The van der Waals surface area contributed by atoms with Crippen molar-refractivity contribution in [3.63, 3.8) is 0 Å². The first-order valence-corrected chi connectivity index (χ1v) is 7.93. The van der Waals surface area contributed by atoms with Crippen LogP contribution < -0.4 is 0 Å². The van der Waals surface area contributed by atoms with E-state index in [4.69, 9.17) is 14.2 Å². The maximum atomic E-state index is 12.2. The van der Waals surface area contributed by atoms with Crippen LogP contribution in [0.4, 0.5) is 0 Å². The fraction of sp³-hybridized carbons (Fsp3) is 0.538. The van der Waals surface area contributed by atoms with Crippen LogP contribution in [0.5, 0.6) is 0 Å². The van der Waals surface area contributed by atoms with Crippen molar-refractivity contribution in [1.82, 2.24) is 0 Å². The standard InChI is InChI=1S/C13H18O5S/c1-2-16-13(17-9-10-18-13)8-11-19(14,15)12-6-4-3-5-7-12/h3-7H,2,8-11H2,1H3. The molecular formula is C13H18O5S. The van der Waals surface area contributed by atoms with E-state index < -0.39 is 15.8 Å². The van der Waals surface area contributed by atoms with E-state index in [2.05, 4.69) is 0 Å². The molecule has 0 saturated carbocycles. The molecule has 19 heavy (non-hydrogen) atoms. The fourth-order valence-corrected chi connectivity index (χ4v) is 3.29. The Hall–Kier alpha value is -0.950. The van der Waals surface area contributed by atoms with E-state index in [0.717, 1.165) is 0 Å². The Morgan fingerprint density at radius 2 is 1.84 bits per heavy atom. The molecule has 1 aromatic rings. The minimum absolute atomic E-state index is 0.0724. The van der Waals surface area contributed by atoms with E-state index in [1.165, 1.54) is 0 Å². The van der Waals surface area contributed by atoms with Crippen molar-refractivity contribution >= 4 is 9.84 Å². The molecule has 1 aliphatic heterocycles. The third kappa shape index (κ3) is 3.54. The molecule has 0 radical (unpaired) electrons. The van der Waals surface area contributed by atoms with E-state index in [1.54, 1.807) is 30.3 Å². The topological polar surface area (TPSA) is 61.8 Å². The summed E-state index contributed by atoms with van der Waals surface area (Å²) in [6.07, 6.45) is 0.165. The van der Waals surface area contributed by atoms with Crippen molar-refractivity contribution < 1.29 is 22.6 Å². The van der Waals surface area contributed by atoms with Crippen molar-refractivity contribution in [2.75, 3.05) is 25.6 Å². The number of hydrogen-bond donors (Lipinski definition) is 0. The van der Waals surface area contributed by atoms with Crippen LogP contribution in [-0.4, -0.2) is 40.0 Å². The zero-order valence-electron chi connectivity index (χ0n) is 10.9. The molecule has 0 aliphatic carbocycles. The summed E-state index contributed by atoms with van der Waals surface area (Å²) in [6.45, 7) is 3.07. The molecule has 1 aliphatic rings. The summed E-state index contributed by atoms with van der Waals surface area (Å²) in [4.78, 5) is 0.305. The van der Waals surface area contributed by atoms with Crippen LogP contribution in [-0.2, 0) is 24.0 Å². The Balaban J connectivity index is 2.05. The molecule has 0 unspecified atom stereocenters. The summed E-state index contributed by atoms with van der Waals surface area (Å²) in [5.41, 5.74) is 0.